The summed E-state index contributed by atoms with van der Waals surface area (Å²) in [6, 6.07) is 0. The minimum absolute atomic E-state index is 0.108. The Morgan fingerprint density at radius 2 is 0.447 bits per heavy atom. The van der Waals surface area contributed by atoms with Gasteiger partial charge in [-0.15, -0.1) is 0 Å². The minimum Gasteiger partial charge on any atom is -0.462 e. The molecule has 0 aromatic heterocycles. The summed E-state index contributed by atoms with van der Waals surface area (Å²) in [7, 11) is -9.92. The molecular weight excluding hydrogens is 1340 g/mol. The number of carbonyl (C=O) groups excluding carboxylic acids is 4. The summed E-state index contributed by atoms with van der Waals surface area (Å²) in [5.74, 6) is -1.34. The molecule has 0 amide bonds. The monoisotopic (exact) mass is 1510 g/mol. The topological polar surface area (TPSA) is 237 Å². The number of unbranched alkanes of at least 4 members (excludes halogenated alkanes) is 56. The molecule has 0 aromatic rings. The van der Waals surface area contributed by atoms with Crippen molar-refractivity contribution in [2.45, 2.75) is 470 Å². The molecule has 2 unspecified atom stereocenters. The number of ether oxygens (including phenoxy) is 4. The summed E-state index contributed by atoms with van der Waals surface area (Å²) >= 11 is 0. The average Bonchev–Trinajstić information content (AvgIpc) is 0.909. The third kappa shape index (κ3) is 78.0. The largest absolute Gasteiger partial charge is 0.472 e. The van der Waals surface area contributed by atoms with Crippen LogP contribution < -0.4 is 0 Å². The number of phosphoric ester groups is 2. The van der Waals surface area contributed by atoms with Crippen molar-refractivity contribution in [3.05, 3.63) is 0 Å². The zero-order valence-electron chi connectivity index (χ0n) is 67.5. The number of aliphatic hydroxyl groups excluding tert-OH is 1. The lowest BCUT2D eigenvalue weighted by atomic mass is 10.0. The van der Waals surface area contributed by atoms with Crippen LogP contribution in [0.3, 0.4) is 0 Å². The van der Waals surface area contributed by atoms with Crippen molar-refractivity contribution in [3.8, 4) is 0 Å². The van der Waals surface area contributed by atoms with E-state index < -0.39 is 97.5 Å². The molecule has 612 valence electrons. The Morgan fingerprint density at radius 3 is 0.660 bits per heavy atom. The number of carbonyl (C=O) groups is 4. The van der Waals surface area contributed by atoms with E-state index in [1.807, 2.05) is 0 Å². The molecule has 0 bridgehead atoms. The van der Waals surface area contributed by atoms with Crippen LogP contribution in [-0.2, 0) is 65.4 Å². The number of hydrogen-bond acceptors (Lipinski definition) is 15. The Bertz CT molecular complexity index is 1960. The summed E-state index contributed by atoms with van der Waals surface area (Å²) in [5.41, 5.74) is 0. The average molecular weight is 1510 g/mol. The van der Waals surface area contributed by atoms with Crippen LogP contribution in [0.5, 0.6) is 0 Å². The van der Waals surface area contributed by atoms with E-state index in [-0.39, 0.29) is 25.7 Å². The molecule has 103 heavy (non-hydrogen) atoms. The summed E-state index contributed by atoms with van der Waals surface area (Å²) in [6.07, 6.45) is 69.3. The van der Waals surface area contributed by atoms with Gasteiger partial charge in [-0.2, -0.15) is 0 Å². The van der Waals surface area contributed by atoms with E-state index in [2.05, 4.69) is 34.6 Å². The van der Waals surface area contributed by atoms with E-state index in [9.17, 15) is 43.2 Å². The fraction of sp³-hybridized carbons (Fsp3) is 0.952. The van der Waals surface area contributed by atoms with Crippen LogP contribution in [0.15, 0.2) is 0 Å². The van der Waals surface area contributed by atoms with Crippen LogP contribution in [-0.4, -0.2) is 96.7 Å². The molecule has 0 aromatic carbocycles. The second kappa shape index (κ2) is 76.8. The fourth-order valence-corrected chi connectivity index (χ4v) is 14.7. The molecule has 0 aliphatic heterocycles. The van der Waals surface area contributed by atoms with Crippen molar-refractivity contribution in [2.24, 2.45) is 5.92 Å². The Morgan fingerprint density at radius 1 is 0.262 bits per heavy atom. The van der Waals surface area contributed by atoms with Gasteiger partial charge in [-0.25, -0.2) is 9.13 Å². The van der Waals surface area contributed by atoms with Gasteiger partial charge in [0, 0.05) is 25.7 Å². The molecule has 0 heterocycles. The van der Waals surface area contributed by atoms with Crippen molar-refractivity contribution < 1.29 is 80.2 Å². The van der Waals surface area contributed by atoms with Crippen LogP contribution in [0.25, 0.3) is 0 Å². The summed E-state index contributed by atoms with van der Waals surface area (Å²) in [6.45, 7) is 7.35. The van der Waals surface area contributed by atoms with Gasteiger partial charge in [0.1, 0.15) is 19.3 Å². The van der Waals surface area contributed by atoms with E-state index in [1.165, 1.54) is 276 Å². The van der Waals surface area contributed by atoms with Crippen molar-refractivity contribution in [2.75, 3.05) is 39.6 Å². The molecule has 0 saturated carbocycles. The number of phosphoric acid groups is 2. The van der Waals surface area contributed by atoms with Crippen LogP contribution in [0, 0.1) is 5.92 Å². The lowest BCUT2D eigenvalue weighted by Crippen LogP contribution is -2.30. The molecule has 5 atom stereocenters. The Hall–Kier alpha value is -1.94. The van der Waals surface area contributed by atoms with E-state index in [0.717, 1.165) is 95.8 Å². The van der Waals surface area contributed by atoms with Gasteiger partial charge in [-0.1, -0.05) is 401 Å². The molecule has 0 spiro atoms. The standard InChI is InChI=1S/C84H164O17P2/c1-6-9-12-15-18-21-24-27-30-31-32-33-34-35-37-40-43-50-55-60-65-70-84(89)100-79(73-94-81(86)67-62-57-52-47-41-39-36-28-25-22-19-16-13-10-7-2)75-98-102(90,91)96-71-78(85)72-97-103(92,93)99-76-80(74-95-82(87)68-63-58-53-48-45-44-46-51-56-61-66-77(4)5)101-83(88)69-64-59-54-49-42-38-29-26-23-20-17-14-11-8-3/h77-80,85H,6-76H2,1-5H3,(H,90,91)(H,92,93)/t78-,79-,80-/m1/s1. The molecule has 0 radical (unpaired) electrons. The molecule has 0 rings (SSSR count). The first kappa shape index (κ1) is 101. The van der Waals surface area contributed by atoms with Gasteiger partial charge in [0.25, 0.3) is 0 Å². The normalized spacial score (nSPS) is 13.8. The highest BCUT2D eigenvalue weighted by Crippen LogP contribution is 2.45. The highest BCUT2D eigenvalue weighted by atomic mass is 31.2. The molecular formula is C84H164O17P2. The van der Waals surface area contributed by atoms with Crippen molar-refractivity contribution in [1.29, 1.82) is 0 Å². The third-order valence-corrected chi connectivity index (χ3v) is 21.7. The quantitative estimate of drug-likeness (QED) is 0.0222. The smallest absolute Gasteiger partial charge is 0.462 e. The maximum absolute atomic E-state index is 13.1. The third-order valence-electron chi connectivity index (χ3n) is 19.8. The van der Waals surface area contributed by atoms with Crippen molar-refractivity contribution in [3.63, 3.8) is 0 Å². The van der Waals surface area contributed by atoms with Gasteiger partial charge in [0.2, 0.25) is 0 Å². The van der Waals surface area contributed by atoms with Crippen LogP contribution in [0.4, 0.5) is 0 Å². The van der Waals surface area contributed by atoms with Gasteiger partial charge >= 0.3 is 39.5 Å². The first-order valence-electron chi connectivity index (χ1n) is 43.6. The van der Waals surface area contributed by atoms with Gasteiger partial charge < -0.3 is 33.8 Å². The number of esters is 4. The predicted octanol–water partition coefficient (Wildman–Crippen LogP) is 25.6. The molecule has 0 saturated heterocycles. The van der Waals surface area contributed by atoms with Gasteiger partial charge in [-0.3, -0.25) is 37.3 Å². The zero-order valence-corrected chi connectivity index (χ0v) is 69.3. The predicted molar refractivity (Wildman–Crippen MR) is 423 cm³/mol. The maximum Gasteiger partial charge on any atom is 0.472 e. The molecule has 19 heteroatoms. The van der Waals surface area contributed by atoms with Crippen molar-refractivity contribution in [1.82, 2.24) is 0 Å². The second-order valence-corrected chi connectivity index (χ2v) is 33.6. The Kier molecular flexibility index (Phi) is 75.4. The van der Waals surface area contributed by atoms with Crippen LogP contribution in [0.2, 0.25) is 0 Å². The van der Waals surface area contributed by atoms with E-state index in [4.69, 9.17) is 37.0 Å². The lowest BCUT2D eigenvalue weighted by molar-refractivity contribution is -0.161. The highest BCUT2D eigenvalue weighted by molar-refractivity contribution is 7.47. The summed E-state index contributed by atoms with van der Waals surface area (Å²) in [5, 5.41) is 10.7. The fourth-order valence-electron chi connectivity index (χ4n) is 13.1. The number of rotatable bonds is 84. The first-order valence-corrected chi connectivity index (χ1v) is 46.6. The molecule has 0 aliphatic rings. The lowest BCUT2D eigenvalue weighted by Gasteiger charge is -2.21. The second-order valence-electron chi connectivity index (χ2n) is 30.7. The summed E-state index contributed by atoms with van der Waals surface area (Å²) < 4.78 is 68.9. The highest BCUT2D eigenvalue weighted by Gasteiger charge is 2.30. The van der Waals surface area contributed by atoms with Gasteiger partial charge in [-0.05, 0) is 31.6 Å². The first-order chi connectivity index (χ1) is 50.0. The molecule has 0 fully saturated rings. The molecule has 17 nitrogen and oxygen atoms in total. The minimum atomic E-state index is -4.96. The SMILES string of the molecule is CCCCCCCCCCCCCCCCCCCCCCCC(=O)O[C@H](COC(=O)CCCCCCCCCCCCCCCCC)COP(=O)(O)OC[C@@H](O)COP(=O)(O)OC[C@@H](COC(=O)CCCCCCCCCCCCC(C)C)OC(=O)CCCCCCCCCCCCCCCC. The van der Waals surface area contributed by atoms with Crippen molar-refractivity contribution >= 4 is 39.5 Å². The zero-order chi connectivity index (χ0) is 75.5. The molecule has 3 N–H and O–H groups in total. The van der Waals surface area contributed by atoms with Gasteiger partial charge in [0.05, 0.1) is 26.4 Å². The van der Waals surface area contributed by atoms with E-state index in [1.54, 1.807) is 0 Å². The van der Waals surface area contributed by atoms with E-state index in [0.29, 0.717) is 25.7 Å². The number of aliphatic hydroxyl groups is 1. The summed E-state index contributed by atoms with van der Waals surface area (Å²) in [4.78, 5) is 73.2. The maximum atomic E-state index is 13.1. The van der Waals surface area contributed by atoms with Gasteiger partial charge in [0.15, 0.2) is 12.2 Å². The van der Waals surface area contributed by atoms with E-state index >= 15 is 0 Å². The Balaban J connectivity index is 5.24. The number of hydrogen-bond donors (Lipinski definition) is 3. The van der Waals surface area contributed by atoms with Crippen LogP contribution in [0.1, 0.15) is 452 Å². The molecule has 0 aliphatic carbocycles. The van der Waals surface area contributed by atoms with Crippen LogP contribution >= 0.6 is 15.6 Å². The Labute approximate surface area is 632 Å².